The molecule has 1 saturated heterocycles. The van der Waals surface area contributed by atoms with E-state index >= 15 is 0 Å². The Kier molecular flexibility index (Phi) is 6.35. The molecule has 5 heteroatoms. The van der Waals surface area contributed by atoms with E-state index in [0.29, 0.717) is 6.42 Å². The number of nitrogens with one attached hydrogen (secondary N) is 1. The minimum atomic E-state index is -0.207. The first-order valence-electron chi connectivity index (χ1n) is 9.94. The summed E-state index contributed by atoms with van der Waals surface area (Å²) in [5.74, 6) is -0.161. The van der Waals surface area contributed by atoms with Gasteiger partial charge < -0.3 is 10.2 Å². The molecule has 2 aromatic rings. The number of halogens is 1. The van der Waals surface area contributed by atoms with Crippen LogP contribution in [0.2, 0.25) is 0 Å². The predicted molar refractivity (Wildman–Crippen MR) is 113 cm³/mol. The van der Waals surface area contributed by atoms with Crippen LogP contribution in [0.5, 0.6) is 0 Å². The van der Waals surface area contributed by atoms with Crippen molar-refractivity contribution in [3.63, 3.8) is 0 Å². The summed E-state index contributed by atoms with van der Waals surface area (Å²) in [4.78, 5) is 16.8. The molecule has 0 aromatic heterocycles. The Morgan fingerprint density at radius 2 is 1.57 bits per heavy atom. The third-order valence-corrected chi connectivity index (χ3v) is 5.25. The van der Waals surface area contributed by atoms with Crippen molar-refractivity contribution in [3.8, 4) is 0 Å². The largest absolute Gasteiger partial charge is 0.369 e. The number of rotatable bonds is 5. The highest BCUT2D eigenvalue weighted by Gasteiger charge is 2.18. The molecule has 0 radical (unpaired) electrons. The lowest BCUT2D eigenvalue weighted by Crippen LogP contribution is -2.47. The maximum atomic E-state index is 13.1. The molecule has 0 spiro atoms. The van der Waals surface area contributed by atoms with Crippen LogP contribution in [0.15, 0.2) is 48.5 Å². The molecule has 150 valence electrons. The molecule has 1 N–H and O–H groups in total. The molecule has 28 heavy (non-hydrogen) atoms. The number of carbonyl (C=O) groups is 1. The van der Waals surface area contributed by atoms with Gasteiger partial charge in [-0.25, -0.2) is 4.39 Å². The lowest BCUT2D eigenvalue weighted by atomic mass is 9.87. The van der Waals surface area contributed by atoms with Crippen molar-refractivity contribution >= 4 is 17.3 Å². The fraction of sp³-hybridized carbons (Fsp3) is 0.435. The molecule has 1 heterocycles. The second kappa shape index (κ2) is 8.74. The SMILES string of the molecule is CC(C)(C)c1ccc(NC(=O)CCN2CCN(c3ccc(F)cc3)CC2)cc1. The Hall–Kier alpha value is -2.40. The van der Waals surface area contributed by atoms with Gasteiger partial charge in [-0.05, 0) is 47.4 Å². The normalized spacial score (nSPS) is 15.5. The van der Waals surface area contributed by atoms with E-state index in [2.05, 4.69) is 48.0 Å². The van der Waals surface area contributed by atoms with Crippen LogP contribution in [-0.4, -0.2) is 43.5 Å². The molecule has 0 saturated carbocycles. The number of anilines is 2. The van der Waals surface area contributed by atoms with E-state index in [4.69, 9.17) is 0 Å². The summed E-state index contributed by atoms with van der Waals surface area (Å²) in [7, 11) is 0. The fourth-order valence-corrected chi connectivity index (χ4v) is 3.42. The van der Waals surface area contributed by atoms with E-state index in [1.165, 1.54) is 17.7 Å². The van der Waals surface area contributed by atoms with Crippen LogP contribution in [0, 0.1) is 5.82 Å². The van der Waals surface area contributed by atoms with Crippen molar-refractivity contribution in [1.29, 1.82) is 0 Å². The van der Waals surface area contributed by atoms with Gasteiger partial charge in [-0.15, -0.1) is 0 Å². The molecule has 4 nitrogen and oxygen atoms in total. The third-order valence-electron chi connectivity index (χ3n) is 5.25. The van der Waals surface area contributed by atoms with Gasteiger partial charge in [0.15, 0.2) is 0 Å². The summed E-state index contributed by atoms with van der Waals surface area (Å²) in [6.07, 6.45) is 0.484. The van der Waals surface area contributed by atoms with Crippen molar-refractivity contribution in [2.45, 2.75) is 32.6 Å². The van der Waals surface area contributed by atoms with Crippen molar-refractivity contribution in [2.75, 3.05) is 42.9 Å². The maximum Gasteiger partial charge on any atom is 0.225 e. The summed E-state index contributed by atoms with van der Waals surface area (Å²) in [6, 6.07) is 14.7. The minimum Gasteiger partial charge on any atom is -0.369 e. The van der Waals surface area contributed by atoms with E-state index in [1.54, 1.807) is 0 Å². The number of piperazine rings is 1. The topological polar surface area (TPSA) is 35.6 Å². The third kappa shape index (κ3) is 5.55. The molecule has 0 unspecified atom stereocenters. The quantitative estimate of drug-likeness (QED) is 0.837. The first-order chi connectivity index (χ1) is 13.3. The summed E-state index contributed by atoms with van der Waals surface area (Å²) in [6.45, 7) is 10.9. The monoisotopic (exact) mass is 383 g/mol. The van der Waals surface area contributed by atoms with Crippen LogP contribution >= 0.6 is 0 Å². The van der Waals surface area contributed by atoms with Gasteiger partial charge in [0, 0.05) is 50.5 Å². The molecule has 2 aromatic carbocycles. The van der Waals surface area contributed by atoms with Crippen LogP contribution in [0.25, 0.3) is 0 Å². The Balaban J connectivity index is 1.41. The maximum absolute atomic E-state index is 13.1. The summed E-state index contributed by atoms with van der Waals surface area (Å²) in [5.41, 5.74) is 3.26. The molecule has 0 aliphatic carbocycles. The summed E-state index contributed by atoms with van der Waals surface area (Å²) < 4.78 is 13.1. The molecule has 1 aliphatic heterocycles. The number of hydrogen-bond acceptors (Lipinski definition) is 3. The van der Waals surface area contributed by atoms with Gasteiger partial charge in [0.05, 0.1) is 0 Å². The van der Waals surface area contributed by atoms with E-state index in [-0.39, 0.29) is 17.1 Å². The highest BCUT2D eigenvalue weighted by Crippen LogP contribution is 2.23. The zero-order valence-corrected chi connectivity index (χ0v) is 17.0. The van der Waals surface area contributed by atoms with E-state index in [9.17, 15) is 9.18 Å². The van der Waals surface area contributed by atoms with Crippen molar-refractivity contribution in [3.05, 3.63) is 59.9 Å². The molecule has 0 atom stereocenters. The predicted octanol–water partition coefficient (Wildman–Crippen LogP) is 4.27. The van der Waals surface area contributed by atoms with Gasteiger partial charge in [0.2, 0.25) is 5.91 Å². The lowest BCUT2D eigenvalue weighted by Gasteiger charge is -2.36. The van der Waals surface area contributed by atoms with Crippen LogP contribution < -0.4 is 10.2 Å². The van der Waals surface area contributed by atoms with Crippen molar-refractivity contribution in [2.24, 2.45) is 0 Å². The lowest BCUT2D eigenvalue weighted by molar-refractivity contribution is -0.116. The van der Waals surface area contributed by atoms with Gasteiger partial charge in [-0.1, -0.05) is 32.9 Å². The molecule has 1 aliphatic rings. The highest BCUT2D eigenvalue weighted by molar-refractivity contribution is 5.90. The number of nitrogens with zero attached hydrogens (tertiary/aromatic N) is 2. The molecular formula is C23H30FN3O. The fourth-order valence-electron chi connectivity index (χ4n) is 3.42. The van der Waals surface area contributed by atoms with Gasteiger partial charge in [0.1, 0.15) is 5.82 Å². The minimum absolute atomic E-state index is 0.0458. The van der Waals surface area contributed by atoms with Gasteiger partial charge in [0.25, 0.3) is 0 Å². The number of amides is 1. The van der Waals surface area contributed by atoms with E-state index in [0.717, 1.165) is 44.1 Å². The summed E-state index contributed by atoms with van der Waals surface area (Å²) in [5, 5.41) is 2.99. The van der Waals surface area contributed by atoms with Crippen LogP contribution in [0.4, 0.5) is 15.8 Å². The van der Waals surface area contributed by atoms with Gasteiger partial charge in [-0.3, -0.25) is 9.69 Å². The Morgan fingerprint density at radius 3 is 2.14 bits per heavy atom. The Bertz CT molecular complexity index is 773. The molecule has 1 amide bonds. The average Bonchev–Trinajstić information content (AvgIpc) is 2.67. The zero-order chi connectivity index (χ0) is 20.1. The Labute approximate surface area is 167 Å². The number of hydrogen-bond donors (Lipinski definition) is 1. The first-order valence-corrected chi connectivity index (χ1v) is 9.94. The van der Waals surface area contributed by atoms with Crippen LogP contribution in [0.3, 0.4) is 0 Å². The molecular weight excluding hydrogens is 353 g/mol. The second-order valence-corrected chi connectivity index (χ2v) is 8.43. The standard InChI is InChI=1S/C23H30FN3O/c1-23(2,3)18-4-8-20(9-5-18)25-22(28)12-13-26-14-16-27(17-15-26)21-10-6-19(24)7-11-21/h4-11H,12-17H2,1-3H3,(H,25,28). The van der Waals surface area contributed by atoms with Gasteiger partial charge in [-0.2, -0.15) is 0 Å². The van der Waals surface area contributed by atoms with Gasteiger partial charge >= 0.3 is 0 Å². The second-order valence-electron chi connectivity index (χ2n) is 8.43. The highest BCUT2D eigenvalue weighted by atomic mass is 19.1. The number of carbonyl (C=O) groups excluding carboxylic acids is 1. The van der Waals surface area contributed by atoms with E-state index in [1.807, 2.05) is 24.3 Å². The smallest absolute Gasteiger partial charge is 0.225 e. The molecule has 0 bridgehead atoms. The van der Waals surface area contributed by atoms with Crippen LogP contribution in [0.1, 0.15) is 32.8 Å². The summed E-state index contributed by atoms with van der Waals surface area (Å²) >= 11 is 0. The number of benzene rings is 2. The molecule has 1 fully saturated rings. The zero-order valence-electron chi connectivity index (χ0n) is 17.0. The van der Waals surface area contributed by atoms with Crippen molar-refractivity contribution in [1.82, 2.24) is 4.90 Å². The molecule has 3 rings (SSSR count). The average molecular weight is 384 g/mol. The first kappa shape index (κ1) is 20.3. The van der Waals surface area contributed by atoms with Crippen LogP contribution in [-0.2, 0) is 10.2 Å². The van der Waals surface area contributed by atoms with Crippen molar-refractivity contribution < 1.29 is 9.18 Å². The Morgan fingerprint density at radius 1 is 0.964 bits per heavy atom. The van der Waals surface area contributed by atoms with E-state index < -0.39 is 0 Å².